The Morgan fingerprint density at radius 2 is 1.81 bits per heavy atom. The van der Waals surface area contributed by atoms with Crippen molar-refractivity contribution in [2.45, 2.75) is 18.0 Å². The Morgan fingerprint density at radius 1 is 1.15 bits per heavy atom. The fraction of sp³-hybridized carbons (Fsp3) is 0.333. The second kappa shape index (κ2) is 6.48. The van der Waals surface area contributed by atoms with Gasteiger partial charge in [-0.2, -0.15) is 22.3 Å². The number of hydrogen-bond acceptors (Lipinski definition) is 6. The fourth-order valence-electron chi connectivity index (χ4n) is 2.70. The number of benzene rings is 1. The summed E-state index contributed by atoms with van der Waals surface area (Å²) in [6.07, 6.45) is 1.43. The van der Waals surface area contributed by atoms with E-state index in [1.54, 1.807) is 6.07 Å². The molecule has 2 heterocycles. The van der Waals surface area contributed by atoms with Gasteiger partial charge in [0.1, 0.15) is 6.07 Å². The minimum Gasteiger partial charge on any atom is -0.205 e. The van der Waals surface area contributed by atoms with Crippen molar-refractivity contribution in [1.29, 1.82) is 5.26 Å². The van der Waals surface area contributed by atoms with Crippen LogP contribution in [0.15, 0.2) is 35.5 Å². The topological polar surface area (TPSA) is 116 Å². The van der Waals surface area contributed by atoms with Crippen molar-refractivity contribution in [3.63, 3.8) is 0 Å². The third kappa shape index (κ3) is 3.01. The molecule has 0 atom stereocenters. The normalized spacial score (nSPS) is 15.6. The zero-order chi connectivity index (χ0) is 19.1. The Labute approximate surface area is 152 Å². The summed E-state index contributed by atoms with van der Waals surface area (Å²) in [5.41, 5.74) is 1.97. The first-order valence-electron chi connectivity index (χ1n) is 7.67. The third-order valence-electron chi connectivity index (χ3n) is 4.16. The average Bonchev–Trinajstić information content (AvgIpc) is 3.07. The average molecular weight is 395 g/mol. The van der Waals surface area contributed by atoms with Crippen molar-refractivity contribution < 1.29 is 16.8 Å². The molecule has 9 nitrogen and oxygen atoms in total. The number of sulfonamides is 1. The lowest BCUT2D eigenvalue weighted by atomic mass is 10.0. The molecule has 0 unspecified atom stereocenters. The molecule has 11 heteroatoms. The standard InChI is InChI=1S/C15H17N5O4S2/c1-18(2)26(23,24)20-11-15(17-14(20)9-16)25(21,22)19-8-7-12-5-3-4-6-13(12)10-19/h3-6,11H,7-8,10H2,1-2H3. The van der Waals surface area contributed by atoms with Crippen LogP contribution in [0.3, 0.4) is 0 Å². The Kier molecular flexibility index (Phi) is 4.61. The number of nitrogens with zero attached hydrogens (tertiary/aromatic N) is 5. The van der Waals surface area contributed by atoms with E-state index in [0.717, 1.165) is 21.6 Å². The van der Waals surface area contributed by atoms with Gasteiger partial charge >= 0.3 is 10.2 Å². The summed E-state index contributed by atoms with van der Waals surface area (Å²) in [6.45, 7) is 0.433. The molecule has 1 aromatic carbocycles. The van der Waals surface area contributed by atoms with Crippen LogP contribution in [0.2, 0.25) is 0 Å². The second-order valence-electron chi connectivity index (χ2n) is 5.96. The molecule has 0 spiro atoms. The number of fused-ring (bicyclic) bond motifs is 1. The van der Waals surface area contributed by atoms with E-state index in [4.69, 9.17) is 5.26 Å². The summed E-state index contributed by atoms with van der Waals surface area (Å²) >= 11 is 0. The van der Waals surface area contributed by atoms with Gasteiger partial charge in [-0.3, -0.25) is 0 Å². The zero-order valence-electron chi connectivity index (χ0n) is 14.2. The van der Waals surface area contributed by atoms with Crippen molar-refractivity contribution in [1.82, 2.24) is 17.6 Å². The number of nitriles is 1. The summed E-state index contributed by atoms with van der Waals surface area (Å²) in [6, 6.07) is 9.17. The molecule has 0 saturated carbocycles. The van der Waals surface area contributed by atoms with E-state index in [9.17, 15) is 16.8 Å². The molecule has 0 N–H and O–H groups in total. The van der Waals surface area contributed by atoms with Crippen LogP contribution >= 0.6 is 0 Å². The Morgan fingerprint density at radius 3 is 2.42 bits per heavy atom. The van der Waals surface area contributed by atoms with Gasteiger partial charge in [-0.15, -0.1) is 0 Å². The molecular formula is C15H17N5O4S2. The Hall–Kier alpha value is -2.26. The number of rotatable bonds is 4. The number of aromatic nitrogens is 2. The molecule has 0 aliphatic carbocycles. The van der Waals surface area contributed by atoms with E-state index in [1.165, 1.54) is 18.4 Å². The highest BCUT2D eigenvalue weighted by Crippen LogP contribution is 2.25. The van der Waals surface area contributed by atoms with Gasteiger partial charge in [0.2, 0.25) is 5.82 Å². The van der Waals surface area contributed by atoms with Crippen LogP contribution in [0.1, 0.15) is 17.0 Å². The van der Waals surface area contributed by atoms with E-state index in [2.05, 4.69) is 4.98 Å². The minimum atomic E-state index is -4.06. The molecule has 0 radical (unpaired) electrons. The summed E-state index contributed by atoms with van der Waals surface area (Å²) in [7, 11) is -5.52. The molecule has 0 fully saturated rings. The maximum absolute atomic E-state index is 12.9. The van der Waals surface area contributed by atoms with Crippen molar-refractivity contribution in [3.8, 4) is 6.07 Å². The van der Waals surface area contributed by atoms with E-state index < -0.39 is 31.1 Å². The Bertz CT molecular complexity index is 1100. The quantitative estimate of drug-likeness (QED) is 0.728. The molecule has 1 aliphatic heterocycles. The summed E-state index contributed by atoms with van der Waals surface area (Å²) in [5.74, 6) is -0.505. The fourth-order valence-corrected chi connectivity index (χ4v) is 5.00. The van der Waals surface area contributed by atoms with Crippen molar-refractivity contribution >= 4 is 20.2 Å². The lowest BCUT2D eigenvalue weighted by Crippen LogP contribution is -2.36. The molecule has 0 bridgehead atoms. The van der Waals surface area contributed by atoms with Crippen LogP contribution < -0.4 is 0 Å². The van der Waals surface area contributed by atoms with Gasteiger partial charge in [0.25, 0.3) is 10.0 Å². The lowest BCUT2D eigenvalue weighted by molar-refractivity contribution is 0.390. The Balaban J connectivity index is 2.02. The van der Waals surface area contributed by atoms with Crippen LogP contribution in [-0.4, -0.2) is 55.0 Å². The predicted molar refractivity (Wildman–Crippen MR) is 92.7 cm³/mol. The number of hydrogen-bond donors (Lipinski definition) is 0. The van der Waals surface area contributed by atoms with Crippen molar-refractivity contribution in [2.75, 3.05) is 20.6 Å². The highest BCUT2D eigenvalue weighted by atomic mass is 32.2. The van der Waals surface area contributed by atoms with Gasteiger partial charge in [-0.05, 0) is 17.5 Å². The second-order valence-corrected chi connectivity index (χ2v) is 9.86. The van der Waals surface area contributed by atoms with E-state index in [0.29, 0.717) is 10.4 Å². The van der Waals surface area contributed by atoms with Gasteiger partial charge in [-0.1, -0.05) is 24.3 Å². The van der Waals surface area contributed by atoms with E-state index >= 15 is 0 Å². The first kappa shape index (κ1) is 18.5. The van der Waals surface area contributed by atoms with Gasteiger partial charge < -0.3 is 0 Å². The summed E-state index contributed by atoms with van der Waals surface area (Å²) in [5, 5.41) is 8.70. The van der Waals surface area contributed by atoms with Crippen molar-refractivity contribution in [2.24, 2.45) is 0 Å². The smallest absolute Gasteiger partial charge is 0.205 e. The highest BCUT2D eigenvalue weighted by molar-refractivity contribution is 7.89. The minimum absolute atomic E-state index is 0.174. The van der Waals surface area contributed by atoms with E-state index in [-0.39, 0.29) is 13.1 Å². The van der Waals surface area contributed by atoms with Crippen LogP contribution in [0.5, 0.6) is 0 Å². The lowest BCUT2D eigenvalue weighted by Gasteiger charge is -2.27. The van der Waals surface area contributed by atoms with Crippen LogP contribution in [-0.2, 0) is 33.2 Å². The molecule has 0 saturated heterocycles. The number of imidazole rings is 1. The van der Waals surface area contributed by atoms with Crippen LogP contribution in [0.4, 0.5) is 0 Å². The highest BCUT2D eigenvalue weighted by Gasteiger charge is 2.33. The maximum Gasteiger partial charge on any atom is 0.309 e. The maximum atomic E-state index is 12.9. The van der Waals surface area contributed by atoms with Crippen LogP contribution in [0, 0.1) is 11.3 Å². The van der Waals surface area contributed by atoms with Crippen molar-refractivity contribution in [3.05, 3.63) is 47.4 Å². The monoisotopic (exact) mass is 395 g/mol. The summed E-state index contributed by atoms with van der Waals surface area (Å²) in [4.78, 5) is 3.75. The van der Waals surface area contributed by atoms with E-state index in [1.807, 2.05) is 24.3 Å². The largest absolute Gasteiger partial charge is 0.309 e. The summed E-state index contributed by atoms with van der Waals surface area (Å²) < 4.78 is 53.1. The first-order valence-corrected chi connectivity index (χ1v) is 10.5. The van der Waals surface area contributed by atoms with Gasteiger partial charge in [0, 0.05) is 27.2 Å². The molecule has 1 aliphatic rings. The van der Waals surface area contributed by atoms with Gasteiger partial charge in [-0.25, -0.2) is 17.4 Å². The molecule has 1 aromatic heterocycles. The molecule has 3 rings (SSSR count). The first-order chi connectivity index (χ1) is 12.2. The molecular weight excluding hydrogens is 378 g/mol. The molecule has 26 heavy (non-hydrogen) atoms. The van der Waals surface area contributed by atoms with Crippen LogP contribution in [0.25, 0.3) is 0 Å². The third-order valence-corrected chi connectivity index (χ3v) is 7.58. The molecule has 2 aromatic rings. The van der Waals surface area contributed by atoms with Gasteiger partial charge in [0.05, 0.1) is 6.20 Å². The molecule has 138 valence electrons. The zero-order valence-corrected chi connectivity index (χ0v) is 15.8. The van der Waals surface area contributed by atoms with Gasteiger partial charge in [0.15, 0.2) is 5.03 Å². The SMILES string of the molecule is CN(C)S(=O)(=O)n1cc(S(=O)(=O)N2CCc3ccccc3C2)nc1C#N. The predicted octanol–water partition coefficient (Wildman–Crippen LogP) is 0.156. The molecule has 0 amide bonds.